The van der Waals surface area contributed by atoms with E-state index in [4.69, 9.17) is 9.47 Å². The van der Waals surface area contributed by atoms with Gasteiger partial charge in [-0.05, 0) is 30.3 Å². The number of nitrogens with zero attached hydrogens (tertiary/aromatic N) is 3. The SMILES string of the molecule is COCCn1c(=O)[nH]c2cc(C(=O)N3CCN(c4cccc(OC)c4)CC3)ccc2c1=O. The van der Waals surface area contributed by atoms with Gasteiger partial charge < -0.3 is 24.3 Å². The van der Waals surface area contributed by atoms with Crippen molar-refractivity contribution in [2.75, 3.05) is 51.9 Å². The zero-order valence-corrected chi connectivity index (χ0v) is 18.2. The number of carbonyl (C=O) groups excluding carboxylic acids is 1. The van der Waals surface area contributed by atoms with E-state index in [0.29, 0.717) is 42.6 Å². The summed E-state index contributed by atoms with van der Waals surface area (Å²) < 4.78 is 11.4. The molecular weight excluding hydrogens is 412 g/mol. The number of hydrogen-bond donors (Lipinski definition) is 1. The van der Waals surface area contributed by atoms with Crippen LogP contribution in [-0.4, -0.2) is 67.4 Å². The third kappa shape index (κ3) is 4.24. The minimum absolute atomic E-state index is 0.124. The van der Waals surface area contributed by atoms with Gasteiger partial charge in [0.15, 0.2) is 0 Å². The summed E-state index contributed by atoms with van der Waals surface area (Å²) in [7, 11) is 3.15. The van der Waals surface area contributed by atoms with Crippen molar-refractivity contribution in [2.24, 2.45) is 0 Å². The Morgan fingerprint density at radius 2 is 1.81 bits per heavy atom. The fourth-order valence-corrected chi connectivity index (χ4v) is 3.93. The topological polar surface area (TPSA) is 96.9 Å². The molecule has 168 valence electrons. The quantitative estimate of drug-likeness (QED) is 0.623. The molecule has 0 spiro atoms. The smallest absolute Gasteiger partial charge is 0.328 e. The van der Waals surface area contributed by atoms with Crippen molar-refractivity contribution in [1.82, 2.24) is 14.5 Å². The molecule has 3 aromatic rings. The number of carbonyl (C=O) groups is 1. The summed E-state index contributed by atoms with van der Waals surface area (Å²) in [5.41, 5.74) is 0.943. The van der Waals surface area contributed by atoms with Gasteiger partial charge in [-0.1, -0.05) is 6.07 Å². The normalized spacial score (nSPS) is 14.1. The molecule has 0 saturated carbocycles. The Hall–Kier alpha value is -3.59. The summed E-state index contributed by atoms with van der Waals surface area (Å²) in [6.45, 7) is 2.97. The highest BCUT2D eigenvalue weighted by molar-refractivity contribution is 5.97. The van der Waals surface area contributed by atoms with E-state index in [1.807, 2.05) is 24.3 Å². The molecule has 0 radical (unpaired) electrons. The number of methoxy groups -OCH3 is 2. The molecule has 1 aromatic heterocycles. The number of piperazine rings is 1. The van der Waals surface area contributed by atoms with E-state index in [0.717, 1.165) is 16.0 Å². The van der Waals surface area contributed by atoms with Crippen molar-refractivity contribution in [3.8, 4) is 5.75 Å². The molecular formula is C23H26N4O5. The van der Waals surface area contributed by atoms with Crippen molar-refractivity contribution in [3.05, 3.63) is 68.9 Å². The van der Waals surface area contributed by atoms with Crippen molar-refractivity contribution in [1.29, 1.82) is 0 Å². The van der Waals surface area contributed by atoms with Crippen molar-refractivity contribution < 1.29 is 14.3 Å². The van der Waals surface area contributed by atoms with Crippen LogP contribution >= 0.6 is 0 Å². The van der Waals surface area contributed by atoms with Gasteiger partial charge in [0.2, 0.25) is 0 Å². The van der Waals surface area contributed by atoms with Gasteiger partial charge in [-0.2, -0.15) is 0 Å². The lowest BCUT2D eigenvalue weighted by atomic mass is 10.1. The summed E-state index contributed by atoms with van der Waals surface area (Å²) in [6.07, 6.45) is 0. The van der Waals surface area contributed by atoms with Crippen molar-refractivity contribution in [3.63, 3.8) is 0 Å². The van der Waals surface area contributed by atoms with Crippen LogP contribution in [-0.2, 0) is 11.3 Å². The number of amides is 1. The van der Waals surface area contributed by atoms with Gasteiger partial charge in [-0.25, -0.2) is 4.79 Å². The van der Waals surface area contributed by atoms with Gasteiger partial charge in [0.1, 0.15) is 5.75 Å². The van der Waals surface area contributed by atoms with Crippen LogP contribution in [0.4, 0.5) is 5.69 Å². The minimum atomic E-state index is -0.518. The van der Waals surface area contributed by atoms with Gasteiger partial charge in [0.05, 0.1) is 31.2 Å². The van der Waals surface area contributed by atoms with E-state index in [1.54, 1.807) is 30.2 Å². The summed E-state index contributed by atoms with van der Waals surface area (Å²) in [5.74, 6) is 0.675. The molecule has 0 aliphatic carbocycles. The molecule has 1 aliphatic rings. The van der Waals surface area contributed by atoms with Crippen LogP contribution < -0.4 is 20.9 Å². The largest absolute Gasteiger partial charge is 0.497 e. The van der Waals surface area contributed by atoms with Crippen molar-refractivity contribution >= 4 is 22.5 Å². The first kappa shape index (κ1) is 21.6. The number of benzene rings is 2. The van der Waals surface area contributed by atoms with E-state index < -0.39 is 11.2 Å². The van der Waals surface area contributed by atoms with Crippen LogP contribution in [0, 0.1) is 0 Å². The van der Waals surface area contributed by atoms with Crippen LogP contribution in [0.15, 0.2) is 52.1 Å². The second kappa shape index (κ2) is 9.27. The molecule has 2 heterocycles. The Morgan fingerprint density at radius 3 is 2.53 bits per heavy atom. The van der Waals surface area contributed by atoms with E-state index in [1.165, 1.54) is 7.11 Å². The van der Waals surface area contributed by atoms with Crippen LogP contribution in [0.2, 0.25) is 0 Å². The Morgan fingerprint density at radius 1 is 1.03 bits per heavy atom. The Bertz CT molecular complexity index is 1240. The number of aromatic nitrogens is 2. The summed E-state index contributed by atoms with van der Waals surface area (Å²) in [4.78, 5) is 44.7. The second-order valence-corrected chi connectivity index (χ2v) is 7.62. The summed E-state index contributed by atoms with van der Waals surface area (Å²) in [6, 6.07) is 12.7. The number of ether oxygens (including phenoxy) is 2. The van der Waals surface area contributed by atoms with Crippen molar-refractivity contribution in [2.45, 2.75) is 6.54 Å². The fraction of sp³-hybridized carbons (Fsp3) is 0.348. The highest BCUT2D eigenvalue weighted by atomic mass is 16.5. The lowest BCUT2D eigenvalue weighted by Gasteiger charge is -2.36. The first-order valence-corrected chi connectivity index (χ1v) is 10.5. The zero-order valence-electron chi connectivity index (χ0n) is 18.2. The molecule has 4 rings (SSSR count). The highest BCUT2D eigenvalue weighted by Gasteiger charge is 2.23. The van der Waals surface area contributed by atoms with Gasteiger partial charge in [0, 0.05) is 50.6 Å². The average Bonchev–Trinajstić information content (AvgIpc) is 2.83. The highest BCUT2D eigenvalue weighted by Crippen LogP contribution is 2.22. The molecule has 1 fully saturated rings. The number of hydrogen-bond acceptors (Lipinski definition) is 6. The number of aromatic amines is 1. The van der Waals surface area contributed by atoms with Crippen LogP contribution in [0.5, 0.6) is 5.75 Å². The Balaban J connectivity index is 1.50. The monoisotopic (exact) mass is 438 g/mol. The maximum atomic E-state index is 13.1. The van der Waals surface area contributed by atoms with Gasteiger partial charge in [0.25, 0.3) is 11.5 Å². The third-order valence-electron chi connectivity index (χ3n) is 5.73. The average molecular weight is 438 g/mol. The molecule has 0 bridgehead atoms. The fourth-order valence-electron chi connectivity index (χ4n) is 3.93. The van der Waals surface area contributed by atoms with E-state index in [-0.39, 0.29) is 19.1 Å². The third-order valence-corrected chi connectivity index (χ3v) is 5.73. The van der Waals surface area contributed by atoms with Gasteiger partial charge in [-0.15, -0.1) is 0 Å². The maximum absolute atomic E-state index is 13.1. The molecule has 1 N–H and O–H groups in total. The lowest BCUT2D eigenvalue weighted by molar-refractivity contribution is 0.0747. The molecule has 9 nitrogen and oxygen atoms in total. The van der Waals surface area contributed by atoms with Gasteiger partial charge >= 0.3 is 5.69 Å². The zero-order chi connectivity index (χ0) is 22.7. The standard InChI is InChI=1S/C23H26N4O5/c1-31-13-12-27-22(29)19-7-6-16(14-20(19)24-23(27)30)21(28)26-10-8-25(9-11-26)17-4-3-5-18(15-17)32-2/h3-7,14-15H,8-13H2,1-2H3,(H,24,30). The van der Waals surface area contributed by atoms with E-state index >= 15 is 0 Å². The molecule has 0 atom stereocenters. The summed E-state index contributed by atoms with van der Waals surface area (Å²) >= 11 is 0. The summed E-state index contributed by atoms with van der Waals surface area (Å²) in [5, 5.41) is 0.361. The molecule has 32 heavy (non-hydrogen) atoms. The number of fused-ring (bicyclic) bond motifs is 1. The molecule has 0 unspecified atom stereocenters. The van der Waals surface area contributed by atoms with Crippen LogP contribution in [0.3, 0.4) is 0 Å². The predicted octanol–water partition coefficient (Wildman–Crippen LogP) is 1.31. The first-order valence-electron chi connectivity index (χ1n) is 10.5. The predicted molar refractivity (Wildman–Crippen MR) is 122 cm³/mol. The molecule has 9 heteroatoms. The lowest BCUT2D eigenvalue weighted by Crippen LogP contribution is -2.48. The second-order valence-electron chi connectivity index (χ2n) is 7.62. The number of H-pyrrole nitrogens is 1. The van der Waals surface area contributed by atoms with E-state index in [2.05, 4.69) is 9.88 Å². The molecule has 1 saturated heterocycles. The number of rotatable bonds is 6. The van der Waals surface area contributed by atoms with Crippen LogP contribution in [0.1, 0.15) is 10.4 Å². The van der Waals surface area contributed by atoms with Crippen LogP contribution in [0.25, 0.3) is 10.9 Å². The molecule has 1 aliphatic heterocycles. The first-order chi connectivity index (χ1) is 15.5. The van der Waals surface area contributed by atoms with E-state index in [9.17, 15) is 14.4 Å². The minimum Gasteiger partial charge on any atom is -0.497 e. The molecule has 2 aromatic carbocycles. The number of nitrogens with one attached hydrogen (secondary N) is 1. The van der Waals surface area contributed by atoms with Gasteiger partial charge in [-0.3, -0.25) is 14.2 Å². The Labute approximate surface area is 184 Å². The molecule has 1 amide bonds. The number of anilines is 1. The Kier molecular flexibility index (Phi) is 6.27. The maximum Gasteiger partial charge on any atom is 0.328 e.